The van der Waals surface area contributed by atoms with E-state index in [1.165, 1.54) is 0 Å². The fourth-order valence-electron chi connectivity index (χ4n) is 4.96. The highest BCUT2D eigenvalue weighted by Crippen LogP contribution is 2.32. The molecule has 0 bridgehead atoms. The lowest BCUT2D eigenvalue weighted by Crippen LogP contribution is -2.36. The van der Waals surface area contributed by atoms with Crippen molar-refractivity contribution in [2.75, 3.05) is 39.5 Å². The molecule has 3 heterocycles. The molecule has 1 saturated heterocycles. The lowest BCUT2D eigenvalue weighted by Gasteiger charge is -2.27. The number of aromatic nitrogens is 3. The molecule has 0 atom stereocenters. The summed E-state index contributed by atoms with van der Waals surface area (Å²) >= 11 is 0. The van der Waals surface area contributed by atoms with Crippen LogP contribution in [0.5, 0.6) is 5.75 Å². The fourth-order valence-corrected chi connectivity index (χ4v) is 4.96. The van der Waals surface area contributed by atoms with Crippen molar-refractivity contribution in [1.82, 2.24) is 25.0 Å². The Morgan fingerprint density at radius 3 is 2.63 bits per heavy atom. The van der Waals surface area contributed by atoms with Crippen molar-refractivity contribution in [2.24, 2.45) is 0 Å². The molecule has 2 aromatic heterocycles. The minimum Gasteiger partial charge on any atom is -0.483 e. The maximum atomic E-state index is 12.6. The molecule has 198 valence electrons. The number of benzene rings is 2. The van der Waals surface area contributed by atoms with Crippen LogP contribution >= 0.6 is 0 Å². The topological polar surface area (TPSA) is 81.5 Å². The Hall–Kier alpha value is -3.75. The molecule has 1 N–H and O–H groups in total. The van der Waals surface area contributed by atoms with E-state index >= 15 is 0 Å². The van der Waals surface area contributed by atoms with Crippen LogP contribution in [0.15, 0.2) is 54.6 Å². The number of morpholine rings is 1. The number of ether oxygens (including phenoxy) is 2. The van der Waals surface area contributed by atoms with Crippen LogP contribution in [0.2, 0.25) is 0 Å². The lowest BCUT2D eigenvalue weighted by atomic mass is 9.98. The van der Waals surface area contributed by atoms with Crippen LogP contribution in [0.25, 0.3) is 22.0 Å². The van der Waals surface area contributed by atoms with Gasteiger partial charge in [-0.3, -0.25) is 19.4 Å². The van der Waals surface area contributed by atoms with Crippen molar-refractivity contribution in [3.63, 3.8) is 0 Å². The Labute approximate surface area is 223 Å². The van der Waals surface area contributed by atoms with Gasteiger partial charge in [-0.2, -0.15) is 5.10 Å². The van der Waals surface area contributed by atoms with Gasteiger partial charge in [-0.25, -0.2) is 0 Å². The SMILES string of the molecule is Cc1cc(-c2ccc(OCC(=O)NCCn3nc(C)cc3C)c(CN3CCOCC3)c2)c2ccccc2n1. The second-order valence-electron chi connectivity index (χ2n) is 9.83. The average molecular weight is 514 g/mol. The van der Waals surface area contributed by atoms with Gasteiger partial charge in [0.1, 0.15) is 5.75 Å². The van der Waals surface area contributed by atoms with Crippen LogP contribution < -0.4 is 10.1 Å². The molecule has 8 nitrogen and oxygen atoms in total. The number of hydrogen-bond donors (Lipinski definition) is 1. The number of nitrogens with one attached hydrogen (secondary N) is 1. The Morgan fingerprint density at radius 1 is 1.03 bits per heavy atom. The molecule has 2 aromatic carbocycles. The zero-order chi connectivity index (χ0) is 26.5. The highest BCUT2D eigenvalue weighted by atomic mass is 16.5. The minimum absolute atomic E-state index is 0.0378. The fraction of sp³-hybridized carbons (Fsp3) is 0.367. The van der Waals surface area contributed by atoms with E-state index in [0.29, 0.717) is 13.1 Å². The van der Waals surface area contributed by atoms with Crippen molar-refractivity contribution in [3.8, 4) is 16.9 Å². The second-order valence-corrected chi connectivity index (χ2v) is 9.83. The third-order valence-electron chi connectivity index (χ3n) is 6.82. The van der Waals surface area contributed by atoms with Crippen LogP contribution in [0.1, 0.15) is 22.6 Å². The molecule has 1 fully saturated rings. The number of para-hydroxylation sites is 1. The summed E-state index contributed by atoms with van der Waals surface area (Å²) in [6.07, 6.45) is 0. The molecule has 1 amide bonds. The quantitative estimate of drug-likeness (QED) is 0.364. The number of pyridine rings is 1. The predicted molar refractivity (Wildman–Crippen MR) is 148 cm³/mol. The van der Waals surface area contributed by atoms with Crippen molar-refractivity contribution in [2.45, 2.75) is 33.9 Å². The number of aryl methyl sites for hydroxylation is 3. The van der Waals surface area contributed by atoms with Gasteiger partial charge in [0, 0.05) is 48.5 Å². The van der Waals surface area contributed by atoms with E-state index in [1.54, 1.807) is 0 Å². The summed E-state index contributed by atoms with van der Waals surface area (Å²) in [6, 6.07) is 18.6. The first-order valence-corrected chi connectivity index (χ1v) is 13.2. The summed E-state index contributed by atoms with van der Waals surface area (Å²) in [7, 11) is 0. The first kappa shape index (κ1) is 25.9. The van der Waals surface area contributed by atoms with Crippen molar-refractivity contribution >= 4 is 16.8 Å². The molecule has 1 aliphatic heterocycles. The third-order valence-corrected chi connectivity index (χ3v) is 6.82. The van der Waals surface area contributed by atoms with Gasteiger partial charge in [0.15, 0.2) is 6.61 Å². The van der Waals surface area contributed by atoms with Crippen LogP contribution in [0.4, 0.5) is 0 Å². The second kappa shape index (κ2) is 11.8. The number of amides is 1. The molecule has 5 rings (SSSR count). The van der Waals surface area contributed by atoms with Gasteiger partial charge in [0.2, 0.25) is 0 Å². The maximum Gasteiger partial charge on any atom is 0.258 e. The van der Waals surface area contributed by atoms with Gasteiger partial charge in [-0.1, -0.05) is 24.3 Å². The number of fused-ring (bicyclic) bond motifs is 1. The summed E-state index contributed by atoms with van der Waals surface area (Å²) in [5.74, 6) is 0.577. The average Bonchev–Trinajstić information content (AvgIpc) is 3.24. The monoisotopic (exact) mass is 513 g/mol. The van der Waals surface area contributed by atoms with Crippen LogP contribution in [-0.2, 0) is 22.6 Å². The van der Waals surface area contributed by atoms with Crippen molar-refractivity contribution in [1.29, 1.82) is 0 Å². The highest BCUT2D eigenvalue weighted by molar-refractivity contribution is 5.94. The molecule has 4 aromatic rings. The lowest BCUT2D eigenvalue weighted by molar-refractivity contribution is -0.123. The van der Waals surface area contributed by atoms with Crippen LogP contribution in [-0.4, -0.2) is 65.0 Å². The summed E-state index contributed by atoms with van der Waals surface area (Å²) in [6.45, 7) is 11.0. The molecule has 0 unspecified atom stereocenters. The van der Waals surface area contributed by atoms with Gasteiger partial charge in [-0.15, -0.1) is 0 Å². The Morgan fingerprint density at radius 2 is 1.84 bits per heavy atom. The Kier molecular flexibility index (Phi) is 8.00. The van der Waals surface area contributed by atoms with E-state index in [0.717, 1.165) is 83.3 Å². The van der Waals surface area contributed by atoms with Crippen molar-refractivity contribution < 1.29 is 14.3 Å². The minimum atomic E-state index is -0.149. The molecule has 0 saturated carbocycles. The number of carbonyl (C=O) groups is 1. The van der Waals surface area contributed by atoms with Gasteiger partial charge < -0.3 is 14.8 Å². The van der Waals surface area contributed by atoms with Crippen molar-refractivity contribution in [3.05, 3.63) is 77.2 Å². The smallest absolute Gasteiger partial charge is 0.258 e. The van der Waals surface area contributed by atoms with E-state index in [-0.39, 0.29) is 12.5 Å². The third kappa shape index (κ3) is 6.20. The predicted octanol–water partition coefficient (Wildman–Crippen LogP) is 4.05. The molecule has 0 spiro atoms. The van der Waals surface area contributed by atoms with E-state index < -0.39 is 0 Å². The zero-order valence-corrected chi connectivity index (χ0v) is 22.4. The molecular weight excluding hydrogens is 478 g/mol. The molecule has 38 heavy (non-hydrogen) atoms. The van der Waals surface area contributed by atoms with E-state index in [1.807, 2.05) is 55.8 Å². The number of rotatable bonds is 9. The largest absolute Gasteiger partial charge is 0.483 e. The molecule has 1 aliphatic rings. The summed E-state index contributed by atoms with van der Waals surface area (Å²) in [5, 5.41) is 8.50. The van der Waals surface area contributed by atoms with Crippen LogP contribution in [0, 0.1) is 20.8 Å². The number of hydrogen-bond acceptors (Lipinski definition) is 6. The van der Waals surface area contributed by atoms with E-state index in [4.69, 9.17) is 14.5 Å². The number of carbonyl (C=O) groups excluding carboxylic acids is 1. The zero-order valence-electron chi connectivity index (χ0n) is 22.4. The summed E-state index contributed by atoms with van der Waals surface area (Å²) in [4.78, 5) is 19.6. The van der Waals surface area contributed by atoms with Crippen LogP contribution in [0.3, 0.4) is 0 Å². The molecule has 0 aliphatic carbocycles. The molecule has 8 heteroatoms. The normalized spacial score (nSPS) is 14.1. The Bertz CT molecular complexity index is 1420. The highest BCUT2D eigenvalue weighted by Gasteiger charge is 2.16. The standard InChI is InChI=1S/C30H35N5O3/c1-21-17-27(26-6-4-5-7-28(26)32-21)24-8-9-29(25(18-24)19-34-12-14-37-15-13-34)38-20-30(36)31-10-11-35-23(3)16-22(2)33-35/h4-9,16-18H,10-15,19-20H2,1-3H3,(H,31,36). The summed E-state index contributed by atoms with van der Waals surface area (Å²) < 4.78 is 13.5. The Balaban J connectivity index is 1.32. The van der Waals surface area contributed by atoms with E-state index in [2.05, 4.69) is 39.6 Å². The maximum absolute atomic E-state index is 12.6. The van der Waals surface area contributed by atoms with Gasteiger partial charge in [0.25, 0.3) is 5.91 Å². The van der Waals surface area contributed by atoms with E-state index in [9.17, 15) is 4.79 Å². The molecular formula is C30H35N5O3. The number of nitrogens with zero attached hydrogens (tertiary/aromatic N) is 4. The first-order chi connectivity index (χ1) is 18.5. The van der Waals surface area contributed by atoms with Gasteiger partial charge in [-0.05, 0) is 62.2 Å². The first-order valence-electron chi connectivity index (χ1n) is 13.2. The van der Waals surface area contributed by atoms with Gasteiger partial charge >= 0.3 is 0 Å². The molecule has 0 radical (unpaired) electrons. The van der Waals surface area contributed by atoms with Gasteiger partial charge in [0.05, 0.1) is 31.0 Å². The summed E-state index contributed by atoms with van der Waals surface area (Å²) in [5.41, 5.74) is 7.32.